The molecule has 0 unspecified atom stereocenters. The van der Waals surface area contributed by atoms with Crippen LogP contribution in [0, 0.1) is 0 Å². The number of aliphatic hydroxyl groups excluding tert-OH is 1. The van der Waals surface area contributed by atoms with Crippen LogP contribution >= 0.6 is 0 Å². The van der Waals surface area contributed by atoms with Crippen molar-refractivity contribution in [1.82, 2.24) is 14.6 Å². The number of amides is 1. The molecule has 5 rings (SSSR count). The van der Waals surface area contributed by atoms with E-state index in [0.29, 0.717) is 30.8 Å². The zero-order valence-corrected chi connectivity index (χ0v) is 17.4. The third-order valence-corrected chi connectivity index (χ3v) is 5.92. The Hall–Kier alpha value is -3.17. The minimum Gasteiger partial charge on any atom is -0.485 e. The van der Waals surface area contributed by atoms with Gasteiger partial charge in [0.05, 0.1) is 37.4 Å². The van der Waals surface area contributed by atoms with Gasteiger partial charge in [0.1, 0.15) is 16.9 Å². The summed E-state index contributed by atoms with van der Waals surface area (Å²) < 4.78 is 13.2. The fourth-order valence-electron chi connectivity index (χ4n) is 4.07. The first-order valence-corrected chi connectivity index (χ1v) is 10.5. The summed E-state index contributed by atoms with van der Waals surface area (Å²) in [6, 6.07) is 5.72. The quantitative estimate of drug-likeness (QED) is 0.661. The van der Waals surface area contributed by atoms with Crippen molar-refractivity contribution < 1.29 is 19.4 Å². The number of anilines is 2. The summed E-state index contributed by atoms with van der Waals surface area (Å²) in [7, 11) is 0. The predicted octanol–water partition coefficient (Wildman–Crippen LogP) is 1.89. The molecular formula is C22H25N5O4. The van der Waals surface area contributed by atoms with Gasteiger partial charge in [0.25, 0.3) is 5.91 Å². The van der Waals surface area contributed by atoms with Gasteiger partial charge in [-0.25, -0.2) is 9.50 Å². The maximum atomic E-state index is 13.1. The third kappa shape index (κ3) is 3.70. The lowest BCUT2D eigenvalue weighted by Gasteiger charge is -2.36. The maximum absolute atomic E-state index is 13.1. The highest BCUT2D eigenvalue weighted by molar-refractivity contribution is 6.09. The first kappa shape index (κ1) is 19.8. The molecule has 9 heteroatoms. The Balaban J connectivity index is 1.51. The molecular weight excluding hydrogens is 398 g/mol. The highest BCUT2D eigenvalue weighted by Crippen LogP contribution is 2.40. The van der Waals surface area contributed by atoms with Gasteiger partial charge in [0.15, 0.2) is 5.65 Å². The standard InChI is InChI=1S/C22H25N5O4/c1-22(14-28)4-3-15-11-17(18(12-19(15)31-22)26-7-9-30-10-8-26)25-21(29)16-13-24-27-6-2-5-23-20(16)27/h2,5-6,11-13,28H,3-4,7-10,14H2,1H3,(H,25,29)/t22-/m1/s1. The van der Waals surface area contributed by atoms with Crippen LogP contribution in [0.3, 0.4) is 0 Å². The summed E-state index contributed by atoms with van der Waals surface area (Å²) in [5.41, 5.74) is 2.93. The van der Waals surface area contributed by atoms with Crippen LogP contribution in [-0.2, 0) is 11.2 Å². The molecule has 2 aliphatic rings. The van der Waals surface area contributed by atoms with Crippen LogP contribution in [0.4, 0.5) is 11.4 Å². The van der Waals surface area contributed by atoms with Gasteiger partial charge in [-0.15, -0.1) is 0 Å². The number of aryl methyl sites for hydroxylation is 1. The average molecular weight is 423 g/mol. The van der Waals surface area contributed by atoms with E-state index >= 15 is 0 Å². The Morgan fingerprint density at radius 3 is 2.97 bits per heavy atom. The molecule has 1 atom stereocenters. The van der Waals surface area contributed by atoms with E-state index in [4.69, 9.17) is 9.47 Å². The van der Waals surface area contributed by atoms with E-state index in [1.54, 1.807) is 23.0 Å². The highest BCUT2D eigenvalue weighted by Gasteiger charge is 2.32. The number of aromatic nitrogens is 3. The number of ether oxygens (including phenoxy) is 2. The zero-order chi connectivity index (χ0) is 21.4. The number of hydrogen-bond acceptors (Lipinski definition) is 7. The topological polar surface area (TPSA) is 101 Å². The Morgan fingerprint density at radius 1 is 1.32 bits per heavy atom. The van der Waals surface area contributed by atoms with Gasteiger partial charge in [-0.1, -0.05) is 0 Å². The number of rotatable bonds is 4. The van der Waals surface area contributed by atoms with Crippen molar-refractivity contribution in [2.75, 3.05) is 43.1 Å². The van der Waals surface area contributed by atoms with E-state index in [9.17, 15) is 9.90 Å². The lowest BCUT2D eigenvalue weighted by Crippen LogP contribution is -2.40. The molecule has 0 aliphatic carbocycles. The van der Waals surface area contributed by atoms with Crippen molar-refractivity contribution in [1.29, 1.82) is 0 Å². The van der Waals surface area contributed by atoms with Crippen molar-refractivity contribution in [2.24, 2.45) is 0 Å². The zero-order valence-electron chi connectivity index (χ0n) is 17.4. The largest absolute Gasteiger partial charge is 0.485 e. The number of morpholine rings is 1. The van der Waals surface area contributed by atoms with E-state index in [1.165, 1.54) is 6.20 Å². The van der Waals surface area contributed by atoms with E-state index in [2.05, 4.69) is 20.3 Å². The number of nitrogens with zero attached hydrogens (tertiary/aromatic N) is 4. The van der Waals surface area contributed by atoms with Crippen molar-refractivity contribution in [3.05, 3.63) is 47.9 Å². The molecule has 31 heavy (non-hydrogen) atoms. The molecule has 162 valence electrons. The number of carbonyl (C=O) groups is 1. The number of aliphatic hydroxyl groups is 1. The van der Waals surface area contributed by atoms with Crippen molar-refractivity contribution in [2.45, 2.75) is 25.4 Å². The summed E-state index contributed by atoms with van der Waals surface area (Å²) in [5.74, 6) is 0.486. The van der Waals surface area contributed by atoms with Crippen molar-refractivity contribution >= 4 is 22.9 Å². The summed E-state index contributed by atoms with van der Waals surface area (Å²) in [6.45, 7) is 4.56. The van der Waals surface area contributed by atoms with Crippen LogP contribution < -0.4 is 15.0 Å². The number of benzene rings is 1. The summed E-state index contributed by atoms with van der Waals surface area (Å²) >= 11 is 0. The van der Waals surface area contributed by atoms with Crippen LogP contribution in [0.2, 0.25) is 0 Å². The van der Waals surface area contributed by atoms with Gasteiger partial charge in [-0.3, -0.25) is 4.79 Å². The van der Waals surface area contributed by atoms with Crippen molar-refractivity contribution in [3.8, 4) is 5.75 Å². The number of carbonyl (C=O) groups excluding carboxylic acids is 1. The maximum Gasteiger partial charge on any atom is 0.261 e. The van der Waals surface area contributed by atoms with Crippen molar-refractivity contribution in [3.63, 3.8) is 0 Å². The Kier molecular flexibility index (Phi) is 4.99. The van der Waals surface area contributed by atoms with Gasteiger partial charge in [-0.05, 0) is 37.5 Å². The number of fused-ring (bicyclic) bond motifs is 2. The molecule has 2 N–H and O–H groups in total. The molecule has 2 aliphatic heterocycles. The summed E-state index contributed by atoms with van der Waals surface area (Å²) in [5, 5.41) is 17.0. The van der Waals surface area contributed by atoms with Gasteiger partial charge >= 0.3 is 0 Å². The van der Waals surface area contributed by atoms with Gasteiger partial charge in [0, 0.05) is 31.5 Å². The highest BCUT2D eigenvalue weighted by atomic mass is 16.5. The van der Waals surface area contributed by atoms with Crippen LogP contribution in [0.15, 0.2) is 36.8 Å². The number of hydrogen-bond donors (Lipinski definition) is 2. The second kappa shape index (κ2) is 7.82. The molecule has 0 bridgehead atoms. The lowest BCUT2D eigenvalue weighted by atomic mass is 9.92. The van der Waals surface area contributed by atoms with E-state index in [0.717, 1.165) is 42.2 Å². The molecule has 3 aromatic rings. The van der Waals surface area contributed by atoms with Gasteiger partial charge < -0.3 is 24.8 Å². The normalized spacial score (nSPS) is 20.9. The monoisotopic (exact) mass is 423 g/mol. The van der Waals surface area contributed by atoms with E-state index in [-0.39, 0.29) is 12.5 Å². The average Bonchev–Trinajstić information content (AvgIpc) is 3.24. The molecule has 1 amide bonds. The second-order valence-electron chi connectivity index (χ2n) is 8.19. The third-order valence-electron chi connectivity index (χ3n) is 5.92. The minimum absolute atomic E-state index is 0.0421. The van der Waals surface area contributed by atoms with Crippen LogP contribution in [0.25, 0.3) is 5.65 Å². The lowest BCUT2D eigenvalue weighted by molar-refractivity contribution is 0.00812. The summed E-state index contributed by atoms with van der Waals surface area (Å²) in [6.07, 6.45) is 6.39. The first-order valence-electron chi connectivity index (χ1n) is 10.5. The molecule has 9 nitrogen and oxygen atoms in total. The molecule has 1 fully saturated rings. The van der Waals surface area contributed by atoms with Crippen LogP contribution in [0.1, 0.15) is 29.3 Å². The SMILES string of the molecule is C[C@]1(CO)CCc2cc(NC(=O)c3cnn4cccnc34)c(N3CCOCC3)cc2O1. The molecule has 0 saturated carbocycles. The predicted molar refractivity (Wildman–Crippen MR) is 115 cm³/mol. The molecule has 0 radical (unpaired) electrons. The van der Waals surface area contributed by atoms with E-state index < -0.39 is 5.60 Å². The Bertz CT molecular complexity index is 1120. The van der Waals surface area contributed by atoms with Crippen LogP contribution in [-0.4, -0.2) is 64.1 Å². The molecule has 4 heterocycles. The number of nitrogens with one attached hydrogen (secondary N) is 1. The van der Waals surface area contributed by atoms with E-state index in [1.807, 2.05) is 19.1 Å². The summed E-state index contributed by atoms with van der Waals surface area (Å²) in [4.78, 5) is 19.6. The smallest absolute Gasteiger partial charge is 0.261 e. The molecule has 0 spiro atoms. The fourth-order valence-corrected chi connectivity index (χ4v) is 4.07. The van der Waals surface area contributed by atoms with Crippen LogP contribution in [0.5, 0.6) is 5.75 Å². The molecule has 1 saturated heterocycles. The molecule has 1 aromatic carbocycles. The minimum atomic E-state index is -0.594. The Labute approximate surface area is 179 Å². The molecule has 2 aromatic heterocycles. The first-order chi connectivity index (χ1) is 15.1. The second-order valence-corrected chi connectivity index (χ2v) is 8.19. The Morgan fingerprint density at radius 2 is 2.16 bits per heavy atom. The van der Waals surface area contributed by atoms with Gasteiger partial charge in [-0.2, -0.15) is 5.10 Å². The van der Waals surface area contributed by atoms with Gasteiger partial charge in [0.2, 0.25) is 0 Å². The fraction of sp³-hybridized carbons (Fsp3) is 0.409.